The van der Waals surface area contributed by atoms with Crippen LogP contribution in [0.3, 0.4) is 0 Å². The van der Waals surface area contributed by atoms with Crippen molar-refractivity contribution in [3.63, 3.8) is 0 Å². The molecule has 0 unspecified atom stereocenters. The van der Waals surface area contributed by atoms with E-state index in [0.29, 0.717) is 6.54 Å². The number of carbonyl (C=O) groups excluding carboxylic acids is 1. The first-order valence-corrected chi connectivity index (χ1v) is 7.25. The van der Waals surface area contributed by atoms with Gasteiger partial charge in [0, 0.05) is 19.1 Å². The number of hydrogen-bond donors (Lipinski definition) is 2. The maximum Gasteiger partial charge on any atom is 0.323 e. The molecule has 2 amide bonds. The fraction of sp³-hybridized carbons (Fsp3) is 0.857. The Morgan fingerprint density at radius 3 is 2.05 bits per heavy atom. The first kappa shape index (κ1) is 18.7. The van der Waals surface area contributed by atoms with E-state index >= 15 is 0 Å². The van der Waals surface area contributed by atoms with Crippen molar-refractivity contribution in [2.75, 3.05) is 26.2 Å². The van der Waals surface area contributed by atoms with Crippen molar-refractivity contribution in [2.24, 2.45) is 5.92 Å². The summed E-state index contributed by atoms with van der Waals surface area (Å²) in [5, 5.41) is 18.1. The molecule has 2 N–H and O–H groups in total. The number of aliphatic carboxylic acids is 1. The molecule has 0 saturated heterocycles. The second-order valence-electron chi connectivity index (χ2n) is 5.34. The van der Waals surface area contributed by atoms with Crippen LogP contribution in [-0.2, 0) is 4.79 Å². The fourth-order valence-electron chi connectivity index (χ4n) is 2.27. The molecule has 0 heterocycles. The molecule has 0 rings (SSSR count). The molecule has 0 spiro atoms. The van der Waals surface area contributed by atoms with Crippen LogP contribution in [0.15, 0.2) is 0 Å². The Labute approximate surface area is 121 Å². The first-order chi connectivity index (χ1) is 9.37. The minimum atomic E-state index is -1.02. The Morgan fingerprint density at radius 2 is 1.70 bits per heavy atom. The molecule has 0 radical (unpaired) electrons. The molecule has 0 aliphatic rings. The number of aliphatic hydroxyl groups excluding tert-OH is 1. The summed E-state index contributed by atoms with van der Waals surface area (Å²) in [7, 11) is 0. The van der Waals surface area contributed by atoms with E-state index in [1.165, 1.54) is 4.90 Å². The molecule has 6 heteroatoms. The van der Waals surface area contributed by atoms with E-state index in [9.17, 15) is 9.59 Å². The van der Waals surface area contributed by atoms with Gasteiger partial charge in [0.15, 0.2) is 0 Å². The van der Waals surface area contributed by atoms with E-state index in [0.717, 1.165) is 12.8 Å². The zero-order valence-electron chi connectivity index (χ0n) is 13.0. The van der Waals surface area contributed by atoms with Crippen molar-refractivity contribution in [1.82, 2.24) is 9.80 Å². The predicted molar refractivity (Wildman–Crippen MR) is 77.6 cm³/mol. The zero-order chi connectivity index (χ0) is 15.7. The Morgan fingerprint density at radius 1 is 1.15 bits per heavy atom. The minimum Gasteiger partial charge on any atom is -0.480 e. The maximum atomic E-state index is 12.5. The van der Waals surface area contributed by atoms with Crippen LogP contribution in [0.1, 0.15) is 40.5 Å². The number of nitrogens with zero attached hydrogens (tertiary/aromatic N) is 2. The second-order valence-corrected chi connectivity index (χ2v) is 5.34. The van der Waals surface area contributed by atoms with E-state index in [-0.39, 0.29) is 37.7 Å². The summed E-state index contributed by atoms with van der Waals surface area (Å²) in [5.74, 6) is -0.830. The van der Waals surface area contributed by atoms with Crippen LogP contribution in [0.2, 0.25) is 0 Å². The molecule has 0 aromatic carbocycles. The van der Waals surface area contributed by atoms with Gasteiger partial charge < -0.3 is 20.0 Å². The molecule has 6 nitrogen and oxygen atoms in total. The Hall–Kier alpha value is -1.30. The van der Waals surface area contributed by atoms with Gasteiger partial charge in [-0.1, -0.05) is 27.7 Å². The molecule has 0 aliphatic heterocycles. The SMILES string of the molecule is CCC(CC)N(CCO)C(=O)N(CC(=O)O)CC(C)C. The van der Waals surface area contributed by atoms with Crippen molar-refractivity contribution < 1.29 is 19.8 Å². The fourth-order valence-corrected chi connectivity index (χ4v) is 2.27. The van der Waals surface area contributed by atoms with Crippen molar-refractivity contribution >= 4 is 12.0 Å². The van der Waals surface area contributed by atoms with E-state index in [1.807, 2.05) is 27.7 Å². The molecular formula is C14H28N2O4. The van der Waals surface area contributed by atoms with Gasteiger partial charge in [0.05, 0.1) is 6.61 Å². The highest BCUT2D eigenvalue weighted by Gasteiger charge is 2.27. The van der Waals surface area contributed by atoms with E-state index in [2.05, 4.69) is 0 Å². The van der Waals surface area contributed by atoms with E-state index < -0.39 is 5.97 Å². The molecule has 0 fully saturated rings. The van der Waals surface area contributed by atoms with Gasteiger partial charge in [-0.25, -0.2) is 4.79 Å². The highest BCUT2D eigenvalue weighted by Crippen LogP contribution is 2.13. The van der Waals surface area contributed by atoms with Gasteiger partial charge in [-0.2, -0.15) is 0 Å². The van der Waals surface area contributed by atoms with E-state index in [4.69, 9.17) is 10.2 Å². The number of hydrogen-bond acceptors (Lipinski definition) is 3. The molecule has 118 valence electrons. The molecule has 0 aromatic heterocycles. The van der Waals surface area contributed by atoms with Gasteiger partial charge in [-0.15, -0.1) is 0 Å². The van der Waals surface area contributed by atoms with Crippen LogP contribution in [0.25, 0.3) is 0 Å². The van der Waals surface area contributed by atoms with Crippen LogP contribution in [0.4, 0.5) is 4.79 Å². The van der Waals surface area contributed by atoms with E-state index in [1.54, 1.807) is 4.90 Å². The van der Waals surface area contributed by atoms with Crippen LogP contribution in [0.5, 0.6) is 0 Å². The third-order valence-corrected chi connectivity index (χ3v) is 3.15. The molecule has 0 saturated carbocycles. The summed E-state index contributed by atoms with van der Waals surface area (Å²) in [4.78, 5) is 26.4. The molecule has 0 aromatic rings. The molecule has 0 bridgehead atoms. The summed E-state index contributed by atoms with van der Waals surface area (Å²) >= 11 is 0. The topological polar surface area (TPSA) is 81.1 Å². The van der Waals surface area contributed by atoms with Gasteiger partial charge in [-0.05, 0) is 18.8 Å². The smallest absolute Gasteiger partial charge is 0.323 e. The van der Waals surface area contributed by atoms with Crippen molar-refractivity contribution in [2.45, 2.75) is 46.6 Å². The Bertz CT molecular complexity index is 304. The second kappa shape index (κ2) is 9.58. The number of rotatable bonds is 9. The van der Waals surface area contributed by atoms with Gasteiger partial charge >= 0.3 is 12.0 Å². The third-order valence-electron chi connectivity index (χ3n) is 3.15. The number of urea groups is 1. The lowest BCUT2D eigenvalue weighted by Crippen LogP contribution is -2.51. The highest BCUT2D eigenvalue weighted by atomic mass is 16.4. The lowest BCUT2D eigenvalue weighted by Gasteiger charge is -2.35. The predicted octanol–water partition coefficient (Wildman–Crippen LogP) is 1.63. The monoisotopic (exact) mass is 288 g/mol. The lowest BCUT2D eigenvalue weighted by atomic mass is 10.1. The third kappa shape index (κ3) is 6.23. The summed E-state index contributed by atoms with van der Waals surface area (Å²) < 4.78 is 0. The number of carboxylic acid groups (broad SMARTS) is 1. The number of carbonyl (C=O) groups is 2. The quantitative estimate of drug-likeness (QED) is 0.675. The van der Waals surface area contributed by atoms with Crippen molar-refractivity contribution in [1.29, 1.82) is 0 Å². The van der Waals surface area contributed by atoms with Crippen LogP contribution < -0.4 is 0 Å². The van der Waals surface area contributed by atoms with Gasteiger partial charge in [0.2, 0.25) is 0 Å². The first-order valence-electron chi connectivity index (χ1n) is 7.25. The average Bonchev–Trinajstić information content (AvgIpc) is 2.36. The van der Waals surface area contributed by atoms with Gasteiger partial charge in [0.1, 0.15) is 6.54 Å². The summed E-state index contributed by atoms with van der Waals surface area (Å²) in [6.45, 7) is 8.05. The Kier molecular flexibility index (Phi) is 8.96. The van der Waals surface area contributed by atoms with Crippen molar-refractivity contribution in [3.8, 4) is 0 Å². The highest BCUT2D eigenvalue weighted by molar-refractivity contribution is 5.80. The van der Waals surface area contributed by atoms with Crippen LogP contribution in [-0.4, -0.2) is 64.3 Å². The Balaban J connectivity index is 5.06. The summed E-state index contributed by atoms with van der Waals surface area (Å²) in [6.07, 6.45) is 1.57. The van der Waals surface area contributed by atoms with Gasteiger partial charge in [0.25, 0.3) is 0 Å². The largest absolute Gasteiger partial charge is 0.480 e. The minimum absolute atomic E-state index is 0.0260. The normalized spacial score (nSPS) is 10.9. The molecular weight excluding hydrogens is 260 g/mol. The van der Waals surface area contributed by atoms with Crippen LogP contribution >= 0.6 is 0 Å². The number of amides is 2. The van der Waals surface area contributed by atoms with Crippen molar-refractivity contribution in [3.05, 3.63) is 0 Å². The van der Waals surface area contributed by atoms with Crippen LogP contribution in [0, 0.1) is 5.92 Å². The average molecular weight is 288 g/mol. The summed E-state index contributed by atoms with van der Waals surface area (Å²) in [5.41, 5.74) is 0. The standard InChI is InChI=1S/C14H28N2O4/c1-5-12(6-2)16(7-8-17)14(20)15(9-11(3)4)10-13(18)19/h11-12,17H,5-10H2,1-4H3,(H,18,19). The molecule has 0 atom stereocenters. The molecule has 20 heavy (non-hydrogen) atoms. The molecule has 0 aliphatic carbocycles. The number of aliphatic hydroxyl groups is 1. The summed E-state index contributed by atoms with van der Waals surface area (Å²) in [6, 6.07) is -0.276. The number of carboxylic acids is 1. The van der Waals surface area contributed by atoms with Gasteiger partial charge in [-0.3, -0.25) is 4.79 Å². The lowest BCUT2D eigenvalue weighted by molar-refractivity contribution is -0.137. The maximum absolute atomic E-state index is 12.5. The zero-order valence-corrected chi connectivity index (χ0v) is 13.0.